The molecule has 0 N–H and O–H groups in total. The minimum atomic E-state index is 0. The van der Waals surface area contributed by atoms with Gasteiger partial charge in [-0.05, 0) is 18.8 Å². The number of hydrogen-bond acceptors (Lipinski definition) is 2. The van der Waals surface area contributed by atoms with Crippen molar-refractivity contribution < 1.29 is 21.8 Å². The summed E-state index contributed by atoms with van der Waals surface area (Å²) in [5.74, 6) is 2.35. The van der Waals surface area contributed by atoms with Crippen LogP contribution < -0.4 is 0 Å². The summed E-state index contributed by atoms with van der Waals surface area (Å²) >= 11 is 0. The molecule has 0 amide bonds. The second kappa shape index (κ2) is 9.02. The van der Waals surface area contributed by atoms with Gasteiger partial charge in [-0.3, -0.25) is 0 Å². The van der Waals surface area contributed by atoms with Crippen molar-refractivity contribution in [2.24, 2.45) is 16.8 Å². The van der Waals surface area contributed by atoms with Gasteiger partial charge in [-0.15, -0.1) is 0 Å². The van der Waals surface area contributed by atoms with Gasteiger partial charge in [-0.2, -0.15) is 0 Å². The van der Waals surface area contributed by atoms with E-state index in [1.165, 1.54) is 57.8 Å². The number of hydrogen-bond donors (Lipinski definition) is 0. The van der Waals surface area contributed by atoms with Crippen LogP contribution in [0.5, 0.6) is 0 Å². The third-order valence-electron chi connectivity index (χ3n) is 4.42. The van der Waals surface area contributed by atoms with Crippen LogP contribution in [0.3, 0.4) is 0 Å². The Morgan fingerprint density at radius 1 is 0.947 bits per heavy atom. The number of aliphatic imine (C=N–C) groups is 1. The van der Waals surface area contributed by atoms with Crippen LogP contribution in [0.2, 0.25) is 0 Å². The molecule has 1 atom stereocenters. The van der Waals surface area contributed by atoms with Crippen LogP contribution in [-0.4, -0.2) is 18.5 Å². The molecule has 1 heterocycles. The van der Waals surface area contributed by atoms with Crippen LogP contribution in [0, 0.1) is 11.8 Å². The Morgan fingerprint density at radius 3 is 1.89 bits per heavy atom. The fourth-order valence-electron chi connectivity index (χ4n) is 3.03. The molecule has 112 valence electrons. The van der Waals surface area contributed by atoms with E-state index in [0.29, 0.717) is 17.9 Å². The summed E-state index contributed by atoms with van der Waals surface area (Å²) in [5.41, 5.74) is 0. The van der Waals surface area contributed by atoms with Crippen LogP contribution in [0.25, 0.3) is 0 Å². The molecule has 3 heteroatoms. The molecular weight excluding hydrogens is 278 g/mol. The Kier molecular flexibility index (Phi) is 8.09. The fraction of sp³-hybridized carbons (Fsp3) is 0.938. The van der Waals surface area contributed by atoms with Gasteiger partial charge in [0.2, 0.25) is 0 Å². The van der Waals surface area contributed by atoms with Gasteiger partial charge in [0, 0.05) is 23.0 Å². The SMILES string of the molecule is C1CCCC1.CC(C)[C@@H]1COC(C2CCCC2)=N1.[Fe]. The zero-order valence-electron chi connectivity index (χ0n) is 12.5. The third-order valence-corrected chi connectivity index (χ3v) is 4.42. The van der Waals surface area contributed by atoms with E-state index in [4.69, 9.17) is 4.74 Å². The summed E-state index contributed by atoms with van der Waals surface area (Å²) in [6.45, 7) is 5.26. The van der Waals surface area contributed by atoms with E-state index in [0.717, 1.165) is 12.5 Å². The third kappa shape index (κ3) is 5.47. The minimum Gasteiger partial charge on any atom is -0.478 e. The summed E-state index contributed by atoms with van der Waals surface area (Å²) in [4.78, 5) is 4.66. The monoisotopic (exact) mass is 307 g/mol. The molecule has 0 aromatic rings. The molecule has 2 fully saturated rings. The first kappa shape index (κ1) is 17.0. The molecule has 2 aliphatic carbocycles. The first-order valence-corrected chi connectivity index (χ1v) is 7.98. The van der Waals surface area contributed by atoms with E-state index < -0.39 is 0 Å². The van der Waals surface area contributed by atoms with Gasteiger partial charge in [0.05, 0.1) is 6.04 Å². The Bertz CT molecular complexity index is 260. The average Bonchev–Trinajstić information content (AvgIpc) is 3.14. The first-order valence-electron chi connectivity index (χ1n) is 7.98. The van der Waals surface area contributed by atoms with Crippen LogP contribution in [0.15, 0.2) is 4.99 Å². The largest absolute Gasteiger partial charge is 0.478 e. The van der Waals surface area contributed by atoms with Gasteiger partial charge < -0.3 is 4.74 Å². The van der Waals surface area contributed by atoms with Crippen molar-refractivity contribution in [1.82, 2.24) is 0 Å². The summed E-state index contributed by atoms with van der Waals surface area (Å²) in [6, 6.07) is 0.426. The van der Waals surface area contributed by atoms with Gasteiger partial charge in [0.1, 0.15) is 6.61 Å². The van der Waals surface area contributed by atoms with Gasteiger partial charge in [-0.1, -0.05) is 58.8 Å². The minimum absolute atomic E-state index is 0. The molecule has 2 saturated carbocycles. The van der Waals surface area contributed by atoms with Gasteiger partial charge in [-0.25, -0.2) is 4.99 Å². The summed E-state index contributed by atoms with van der Waals surface area (Å²) in [7, 11) is 0. The van der Waals surface area contributed by atoms with Crippen LogP contribution in [0.1, 0.15) is 71.6 Å². The first-order chi connectivity index (χ1) is 8.77. The van der Waals surface area contributed by atoms with E-state index in [1.807, 2.05) is 0 Å². The van der Waals surface area contributed by atoms with Crippen molar-refractivity contribution in [2.75, 3.05) is 6.61 Å². The second-order valence-electron chi connectivity index (χ2n) is 6.34. The Labute approximate surface area is 129 Å². The van der Waals surface area contributed by atoms with Gasteiger partial charge >= 0.3 is 0 Å². The quantitative estimate of drug-likeness (QED) is 0.684. The van der Waals surface area contributed by atoms with E-state index in [1.54, 1.807) is 0 Å². The molecule has 0 unspecified atom stereocenters. The summed E-state index contributed by atoms with van der Waals surface area (Å²) in [5, 5.41) is 0. The molecule has 0 spiro atoms. The van der Waals surface area contributed by atoms with E-state index in [9.17, 15) is 0 Å². The molecular formula is C16H29FeNO. The molecule has 0 radical (unpaired) electrons. The standard InChI is InChI=1S/C11H19NO.C5H10.Fe/c1-8(2)10-7-13-11(12-10)9-5-3-4-6-9;1-2-4-5-3-1;/h8-10H,3-7H2,1-2H3;1-5H2;/t10-;;/m0../s1. The molecule has 2 nitrogen and oxygen atoms in total. The van der Waals surface area contributed by atoms with Crippen molar-refractivity contribution in [3.8, 4) is 0 Å². The molecule has 3 rings (SSSR count). The molecule has 0 saturated heterocycles. The predicted molar refractivity (Wildman–Crippen MR) is 77.1 cm³/mol. The van der Waals surface area contributed by atoms with Gasteiger partial charge in [0.25, 0.3) is 0 Å². The van der Waals surface area contributed by atoms with Crippen LogP contribution >= 0.6 is 0 Å². The summed E-state index contributed by atoms with van der Waals surface area (Å²) in [6.07, 6.45) is 12.8. The van der Waals surface area contributed by atoms with E-state index >= 15 is 0 Å². The normalized spacial score (nSPS) is 26.5. The maximum Gasteiger partial charge on any atom is 0.186 e. The van der Waals surface area contributed by atoms with E-state index in [-0.39, 0.29) is 17.1 Å². The molecule has 0 bridgehead atoms. The second-order valence-corrected chi connectivity index (χ2v) is 6.34. The summed E-state index contributed by atoms with van der Waals surface area (Å²) < 4.78 is 5.66. The molecule has 1 aliphatic heterocycles. The fourth-order valence-corrected chi connectivity index (χ4v) is 3.03. The predicted octanol–water partition coefficient (Wildman–Crippen LogP) is 4.58. The van der Waals surface area contributed by atoms with Crippen LogP contribution in [-0.2, 0) is 21.8 Å². The van der Waals surface area contributed by atoms with E-state index in [2.05, 4.69) is 18.8 Å². The van der Waals surface area contributed by atoms with Gasteiger partial charge in [0.15, 0.2) is 5.90 Å². The van der Waals surface area contributed by atoms with Crippen molar-refractivity contribution >= 4 is 5.90 Å². The van der Waals surface area contributed by atoms with Crippen molar-refractivity contribution in [3.63, 3.8) is 0 Å². The Balaban J connectivity index is 0.000000256. The average molecular weight is 307 g/mol. The zero-order chi connectivity index (χ0) is 12.8. The number of nitrogens with zero attached hydrogens (tertiary/aromatic N) is 1. The Hall–Kier alpha value is -0.0105. The molecule has 3 aliphatic rings. The number of ether oxygens (including phenoxy) is 1. The number of rotatable bonds is 2. The zero-order valence-corrected chi connectivity index (χ0v) is 13.6. The smallest absolute Gasteiger partial charge is 0.186 e. The maximum atomic E-state index is 5.66. The molecule has 0 aromatic carbocycles. The van der Waals surface area contributed by atoms with Crippen molar-refractivity contribution in [3.05, 3.63) is 0 Å². The van der Waals surface area contributed by atoms with Crippen molar-refractivity contribution in [2.45, 2.75) is 77.7 Å². The van der Waals surface area contributed by atoms with Crippen LogP contribution in [0.4, 0.5) is 0 Å². The Morgan fingerprint density at radius 2 is 1.47 bits per heavy atom. The molecule has 0 aromatic heterocycles. The maximum absolute atomic E-state index is 5.66. The molecule has 19 heavy (non-hydrogen) atoms. The topological polar surface area (TPSA) is 21.6 Å². The van der Waals surface area contributed by atoms with Crippen molar-refractivity contribution in [1.29, 1.82) is 0 Å².